The molecule has 4 nitrogen and oxygen atoms in total. The van der Waals surface area contributed by atoms with Gasteiger partial charge in [-0.1, -0.05) is 36.0 Å². The highest BCUT2D eigenvalue weighted by molar-refractivity contribution is 7.80. The molecule has 0 spiro atoms. The Kier molecular flexibility index (Phi) is 4.22. The summed E-state index contributed by atoms with van der Waals surface area (Å²) in [5.74, 6) is -0.609. The Balaban J connectivity index is 2.25. The Morgan fingerprint density at radius 2 is 2.00 bits per heavy atom. The van der Waals surface area contributed by atoms with E-state index in [1.807, 2.05) is 0 Å². The number of halogens is 1. The fourth-order valence-corrected chi connectivity index (χ4v) is 1.94. The van der Waals surface area contributed by atoms with Gasteiger partial charge in [0.15, 0.2) is 0 Å². The second kappa shape index (κ2) is 5.90. The average molecular weight is 307 g/mol. The van der Waals surface area contributed by atoms with Gasteiger partial charge in [-0.15, -0.1) is 0 Å². The Bertz CT molecular complexity index is 689. The van der Waals surface area contributed by atoms with Crippen molar-refractivity contribution in [2.24, 2.45) is 5.73 Å². The zero-order chi connectivity index (χ0) is 14.7. The van der Waals surface area contributed by atoms with Crippen molar-refractivity contribution < 1.29 is 9.90 Å². The van der Waals surface area contributed by atoms with Crippen LogP contribution >= 0.6 is 23.8 Å². The molecule has 4 N–H and O–H groups in total. The molecule has 0 radical (unpaired) electrons. The monoisotopic (exact) mass is 306 g/mol. The highest BCUT2D eigenvalue weighted by Gasteiger charge is 2.12. The van der Waals surface area contributed by atoms with Gasteiger partial charge in [-0.25, -0.2) is 0 Å². The molecule has 0 saturated heterocycles. The van der Waals surface area contributed by atoms with Gasteiger partial charge >= 0.3 is 0 Å². The normalized spacial score (nSPS) is 10.1. The third kappa shape index (κ3) is 3.26. The minimum atomic E-state index is -0.468. The number of hydrogen-bond donors (Lipinski definition) is 3. The van der Waals surface area contributed by atoms with Crippen molar-refractivity contribution in [3.63, 3.8) is 0 Å². The zero-order valence-electron chi connectivity index (χ0n) is 10.3. The van der Waals surface area contributed by atoms with E-state index in [9.17, 15) is 9.90 Å². The quantitative estimate of drug-likeness (QED) is 0.762. The van der Waals surface area contributed by atoms with Crippen LogP contribution in [0.2, 0.25) is 5.02 Å². The Morgan fingerprint density at radius 3 is 2.70 bits per heavy atom. The number of carbonyl (C=O) groups excluding carboxylic acids is 1. The molecule has 2 aromatic rings. The molecule has 6 heteroatoms. The SMILES string of the molecule is NC(=S)c1cccc(NC(=O)c2cc(Cl)ccc2O)c1. The number of amides is 1. The second-order valence-corrected chi connectivity index (χ2v) is 4.94. The molecule has 0 fully saturated rings. The standard InChI is InChI=1S/C14H11ClN2O2S/c15-9-4-5-12(18)11(7-9)14(19)17-10-3-1-2-8(6-10)13(16)20/h1-7,18H,(H2,16,20)(H,17,19). The molecule has 0 heterocycles. The molecule has 0 aliphatic heterocycles. The first-order valence-electron chi connectivity index (χ1n) is 5.67. The van der Waals surface area contributed by atoms with E-state index in [1.165, 1.54) is 18.2 Å². The summed E-state index contributed by atoms with van der Waals surface area (Å²) in [6.45, 7) is 0. The van der Waals surface area contributed by atoms with E-state index in [4.69, 9.17) is 29.6 Å². The van der Waals surface area contributed by atoms with Crippen molar-refractivity contribution in [3.05, 3.63) is 58.6 Å². The molecule has 2 rings (SSSR count). The lowest BCUT2D eigenvalue weighted by atomic mass is 10.1. The van der Waals surface area contributed by atoms with Gasteiger partial charge in [-0.05, 0) is 30.3 Å². The fraction of sp³-hybridized carbons (Fsp3) is 0. The van der Waals surface area contributed by atoms with Gasteiger partial charge < -0.3 is 16.2 Å². The number of rotatable bonds is 3. The number of nitrogens with one attached hydrogen (secondary N) is 1. The number of phenols is 1. The molecule has 0 aliphatic carbocycles. The minimum absolute atomic E-state index is 0.0956. The van der Waals surface area contributed by atoms with Gasteiger partial charge in [0, 0.05) is 16.3 Å². The predicted molar refractivity (Wildman–Crippen MR) is 83.4 cm³/mol. The summed E-state index contributed by atoms with van der Waals surface area (Å²) in [5.41, 5.74) is 6.80. The molecule has 1 amide bonds. The molecule has 0 bridgehead atoms. The van der Waals surface area contributed by atoms with Crippen molar-refractivity contribution in [3.8, 4) is 5.75 Å². The number of anilines is 1. The summed E-state index contributed by atoms with van der Waals surface area (Å²) in [6, 6.07) is 11.1. The van der Waals surface area contributed by atoms with E-state index in [0.717, 1.165) is 0 Å². The average Bonchev–Trinajstić information content (AvgIpc) is 2.41. The van der Waals surface area contributed by atoms with Crippen LogP contribution in [0.3, 0.4) is 0 Å². The van der Waals surface area contributed by atoms with Crippen molar-refractivity contribution in [2.45, 2.75) is 0 Å². The van der Waals surface area contributed by atoms with Crippen LogP contribution in [0.4, 0.5) is 5.69 Å². The largest absolute Gasteiger partial charge is 0.507 e. The molecule has 0 unspecified atom stereocenters. The molecule has 20 heavy (non-hydrogen) atoms. The molecule has 102 valence electrons. The fourth-order valence-electron chi connectivity index (χ4n) is 1.64. The molecule has 0 aliphatic rings. The van der Waals surface area contributed by atoms with E-state index in [0.29, 0.717) is 16.3 Å². The van der Waals surface area contributed by atoms with Crippen molar-refractivity contribution >= 4 is 40.4 Å². The summed E-state index contributed by atoms with van der Waals surface area (Å²) in [7, 11) is 0. The maximum atomic E-state index is 12.1. The first-order valence-corrected chi connectivity index (χ1v) is 6.46. The van der Waals surface area contributed by atoms with Gasteiger partial charge in [0.2, 0.25) is 0 Å². The Morgan fingerprint density at radius 1 is 1.25 bits per heavy atom. The zero-order valence-corrected chi connectivity index (χ0v) is 11.8. The maximum absolute atomic E-state index is 12.1. The van der Waals surface area contributed by atoms with E-state index < -0.39 is 5.91 Å². The molecular formula is C14H11ClN2O2S. The lowest BCUT2D eigenvalue weighted by molar-refractivity contribution is 0.102. The van der Waals surface area contributed by atoms with Crippen LogP contribution in [0.25, 0.3) is 0 Å². The highest BCUT2D eigenvalue weighted by atomic mass is 35.5. The summed E-state index contributed by atoms with van der Waals surface area (Å²) in [5, 5.41) is 12.7. The Labute approximate surface area is 126 Å². The number of nitrogens with two attached hydrogens (primary N) is 1. The second-order valence-electron chi connectivity index (χ2n) is 4.06. The molecule has 0 saturated carbocycles. The van der Waals surface area contributed by atoms with Crippen LogP contribution in [0.5, 0.6) is 5.75 Å². The maximum Gasteiger partial charge on any atom is 0.259 e. The van der Waals surface area contributed by atoms with Crippen molar-refractivity contribution in [2.75, 3.05) is 5.32 Å². The van der Waals surface area contributed by atoms with Crippen LogP contribution < -0.4 is 11.1 Å². The topological polar surface area (TPSA) is 75.3 Å². The Hall–Kier alpha value is -2.11. The molecule has 0 aromatic heterocycles. The number of benzene rings is 2. The number of aromatic hydroxyl groups is 1. The first kappa shape index (κ1) is 14.3. The van der Waals surface area contributed by atoms with Crippen molar-refractivity contribution in [1.29, 1.82) is 0 Å². The van der Waals surface area contributed by atoms with E-state index in [1.54, 1.807) is 24.3 Å². The van der Waals surface area contributed by atoms with Gasteiger partial charge in [0.1, 0.15) is 10.7 Å². The lowest BCUT2D eigenvalue weighted by Gasteiger charge is -2.08. The van der Waals surface area contributed by atoms with Crippen LogP contribution in [0, 0.1) is 0 Å². The first-order chi connectivity index (χ1) is 9.47. The molecule has 0 atom stereocenters. The summed E-state index contributed by atoms with van der Waals surface area (Å²) in [6.07, 6.45) is 0. The smallest absolute Gasteiger partial charge is 0.259 e. The van der Waals surface area contributed by atoms with Gasteiger partial charge in [0.25, 0.3) is 5.91 Å². The van der Waals surface area contributed by atoms with Crippen LogP contribution in [-0.4, -0.2) is 16.0 Å². The van der Waals surface area contributed by atoms with E-state index in [2.05, 4.69) is 5.32 Å². The summed E-state index contributed by atoms with van der Waals surface area (Å²) >= 11 is 10.7. The third-order valence-corrected chi connectivity index (χ3v) is 3.08. The predicted octanol–water partition coefficient (Wildman–Crippen LogP) is 2.93. The van der Waals surface area contributed by atoms with Crippen LogP contribution in [0.15, 0.2) is 42.5 Å². The number of phenolic OH excluding ortho intramolecular Hbond substituents is 1. The van der Waals surface area contributed by atoms with E-state index >= 15 is 0 Å². The van der Waals surface area contributed by atoms with Crippen LogP contribution in [-0.2, 0) is 0 Å². The molecular weight excluding hydrogens is 296 g/mol. The van der Waals surface area contributed by atoms with Crippen molar-refractivity contribution in [1.82, 2.24) is 0 Å². The lowest BCUT2D eigenvalue weighted by Crippen LogP contribution is -2.14. The summed E-state index contributed by atoms with van der Waals surface area (Å²) < 4.78 is 0. The van der Waals surface area contributed by atoms with Gasteiger partial charge in [0.05, 0.1) is 5.56 Å². The van der Waals surface area contributed by atoms with Crippen LogP contribution in [0.1, 0.15) is 15.9 Å². The molecule has 2 aromatic carbocycles. The number of carbonyl (C=O) groups is 1. The number of thiocarbonyl (C=S) groups is 1. The van der Waals surface area contributed by atoms with Gasteiger partial charge in [-0.3, -0.25) is 4.79 Å². The van der Waals surface area contributed by atoms with Gasteiger partial charge in [-0.2, -0.15) is 0 Å². The third-order valence-electron chi connectivity index (χ3n) is 2.61. The minimum Gasteiger partial charge on any atom is -0.507 e. The number of hydrogen-bond acceptors (Lipinski definition) is 3. The van der Waals surface area contributed by atoms with E-state index in [-0.39, 0.29) is 16.3 Å². The summed E-state index contributed by atoms with van der Waals surface area (Å²) in [4.78, 5) is 12.3. The highest BCUT2D eigenvalue weighted by Crippen LogP contribution is 2.22.